The number of anilines is 6. The Morgan fingerprint density at radius 1 is 0.283 bits per heavy atom. The van der Waals surface area contributed by atoms with E-state index in [4.69, 9.17) is 0 Å². The minimum Gasteiger partial charge on any atom is -0.310 e. The summed E-state index contributed by atoms with van der Waals surface area (Å²) < 4.78 is 0. The van der Waals surface area contributed by atoms with Gasteiger partial charge in [0.1, 0.15) is 0 Å². The quantitative estimate of drug-likeness (QED) is 0.101. The summed E-state index contributed by atoms with van der Waals surface area (Å²) in [4.78, 5) is 4.96. The predicted molar refractivity (Wildman–Crippen MR) is 390 cm³/mol. The largest absolute Gasteiger partial charge is 0.310 e. The van der Waals surface area contributed by atoms with Crippen molar-refractivity contribution < 1.29 is 0 Å². The lowest BCUT2D eigenvalue weighted by molar-refractivity contribution is 0.629. The number of aryl methyl sites for hydroxylation is 2. The lowest BCUT2D eigenvalue weighted by Crippen LogP contribution is -2.30. The van der Waals surface area contributed by atoms with Gasteiger partial charge in [0.05, 0.1) is 22.2 Å². The van der Waals surface area contributed by atoms with E-state index in [0.29, 0.717) is 0 Å². The van der Waals surface area contributed by atoms with Gasteiger partial charge in [-0.2, -0.15) is 0 Å². The van der Waals surface area contributed by atoms with Gasteiger partial charge in [-0.3, -0.25) is 0 Å². The van der Waals surface area contributed by atoms with E-state index in [0.717, 1.165) is 68.9 Å². The average Bonchev–Trinajstić information content (AvgIpc) is 1.52. The van der Waals surface area contributed by atoms with Crippen LogP contribution >= 0.6 is 0 Å². The lowest BCUT2D eigenvalue weighted by Gasteiger charge is -2.35. The summed E-state index contributed by atoms with van der Waals surface area (Å²) in [5, 5.41) is 4.69. The normalized spacial score (nSPS) is 15.1. The molecule has 0 saturated carbocycles. The number of para-hydroxylation sites is 2. The molecule has 2 aliphatic rings. The average molecular weight is 1180 g/mol. The molecular weight excluding hydrogens is 1110 g/mol. The number of hydrogen-bond acceptors (Lipinski definition) is 2. The summed E-state index contributed by atoms with van der Waals surface area (Å²) in [7, 11) is 0. The van der Waals surface area contributed by atoms with Gasteiger partial charge >= 0.3 is 0 Å². The van der Waals surface area contributed by atoms with E-state index in [1.54, 1.807) is 0 Å². The van der Waals surface area contributed by atoms with Crippen molar-refractivity contribution in [2.24, 2.45) is 0 Å². The van der Waals surface area contributed by atoms with Crippen LogP contribution in [0.4, 0.5) is 34.1 Å². The van der Waals surface area contributed by atoms with Crippen LogP contribution in [0.25, 0.3) is 67.1 Å². The van der Waals surface area contributed by atoms with E-state index < -0.39 is 10.8 Å². The van der Waals surface area contributed by atoms with Crippen molar-refractivity contribution in [3.05, 3.63) is 395 Å². The first-order valence-electron chi connectivity index (χ1n) is 32.1. The standard InChI is InChI=1S/C90H68N2/c1-5-63-37-41-65(42-38-63)59-89(67-45-33-61(3)34-46-67)83-31-19-17-27-77(83)79-51-49-71(57-85(79)89)91(69-21-9-7-10-22-69)87-55-53-75(73-25-13-15-29-81(73)87)76-54-56-88(82-30-16-14-26-74(76)82)92(70-23-11-8-12-24-70)72-50-52-80-78-28-18-20-32-84(78)90(86(80)58-72,68-47-35-62(4)36-48-68)60-66-43-39-64(6-2)40-44-66/h5-58H,1-2,59-60H2,3-4H3. The Morgan fingerprint density at radius 2 is 0.620 bits per heavy atom. The number of fused-ring (bicyclic) bond motifs is 8. The molecule has 0 amide bonds. The second-order valence-corrected chi connectivity index (χ2v) is 25.0. The van der Waals surface area contributed by atoms with Gasteiger partial charge < -0.3 is 9.80 Å². The molecule has 2 unspecified atom stereocenters. The molecule has 0 spiro atoms. The molecule has 0 radical (unpaired) electrons. The summed E-state index contributed by atoms with van der Waals surface area (Å²) in [5.74, 6) is 0. The number of nitrogens with zero attached hydrogens (tertiary/aromatic N) is 2. The molecule has 14 aromatic rings. The Hall–Kier alpha value is -11.3. The Labute approximate surface area is 540 Å². The van der Waals surface area contributed by atoms with Crippen LogP contribution in [0.1, 0.15) is 66.8 Å². The maximum Gasteiger partial charge on any atom is 0.0540 e. The SMILES string of the molecule is C=Cc1ccc(CC2(c3ccc(C)cc3)c3ccccc3-c3ccc(N(c4ccccc4)c4ccc(-c5ccc(N(c6ccccc6)c6ccc7c(c6)C(Cc6ccc(C=C)cc6)(c6ccc(C)cc6)c6ccccc6-7)c6ccccc56)c5ccccc45)cc32)cc1. The Balaban J connectivity index is 0.849. The second-order valence-electron chi connectivity index (χ2n) is 25.0. The van der Waals surface area contributed by atoms with Gasteiger partial charge in [0.2, 0.25) is 0 Å². The van der Waals surface area contributed by atoms with Crippen molar-refractivity contribution in [3.8, 4) is 33.4 Å². The van der Waals surface area contributed by atoms with E-state index in [9.17, 15) is 0 Å². The summed E-state index contributed by atoms with van der Waals surface area (Å²) >= 11 is 0. The molecule has 14 aromatic carbocycles. The fourth-order valence-corrected chi connectivity index (χ4v) is 15.5. The van der Waals surface area contributed by atoms with Crippen LogP contribution in [0, 0.1) is 13.8 Å². The number of rotatable bonds is 15. The number of hydrogen-bond donors (Lipinski definition) is 0. The molecule has 16 rings (SSSR count). The predicted octanol–water partition coefficient (Wildman–Crippen LogP) is 23.6. The zero-order chi connectivity index (χ0) is 61.9. The molecule has 2 aliphatic carbocycles. The summed E-state index contributed by atoms with van der Waals surface area (Å²) in [6.07, 6.45) is 5.44. The Morgan fingerprint density at radius 3 is 1.01 bits per heavy atom. The molecule has 92 heavy (non-hydrogen) atoms. The van der Waals surface area contributed by atoms with Crippen molar-refractivity contribution in [3.63, 3.8) is 0 Å². The third-order valence-corrected chi connectivity index (χ3v) is 19.9. The minimum absolute atomic E-state index is 0.472. The van der Waals surface area contributed by atoms with Crippen LogP contribution in [0.15, 0.2) is 329 Å². The molecule has 438 valence electrons. The van der Waals surface area contributed by atoms with Gasteiger partial charge in [-0.1, -0.05) is 291 Å². The smallest absolute Gasteiger partial charge is 0.0540 e. The molecule has 0 aromatic heterocycles. The van der Waals surface area contributed by atoms with Crippen LogP contribution in [-0.4, -0.2) is 0 Å². The van der Waals surface area contributed by atoms with Crippen molar-refractivity contribution in [2.45, 2.75) is 37.5 Å². The van der Waals surface area contributed by atoms with Crippen LogP contribution in [0.2, 0.25) is 0 Å². The van der Waals surface area contributed by atoms with Crippen LogP contribution in [0.3, 0.4) is 0 Å². The first-order chi connectivity index (χ1) is 45.3. The summed E-state index contributed by atoms with van der Waals surface area (Å²) in [5.41, 5.74) is 28.2. The summed E-state index contributed by atoms with van der Waals surface area (Å²) in [6.45, 7) is 12.5. The van der Waals surface area contributed by atoms with E-state index in [2.05, 4.69) is 352 Å². The fraction of sp³-hybridized carbons (Fsp3) is 0.0667. The topological polar surface area (TPSA) is 6.48 Å². The maximum absolute atomic E-state index is 4.08. The zero-order valence-electron chi connectivity index (χ0n) is 51.9. The van der Waals surface area contributed by atoms with Crippen molar-refractivity contribution in [1.82, 2.24) is 0 Å². The van der Waals surface area contributed by atoms with Gasteiger partial charge in [-0.15, -0.1) is 0 Å². The van der Waals surface area contributed by atoms with Gasteiger partial charge in [0, 0.05) is 33.5 Å². The third-order valence-electron chi connectivity index (χ3n) is 19.9. The molecule has 2 atom stereocenters. The van der Waals surface area contributed by atoms with Gasteiger partial charge in [0.25, 0.3) is 0 Å². The van der Waals surface area contributed by atoms with Crippen LogP contribution in [0.5, 0.6) is 0 Å². The first-order valence-corrected chi connectivity index (χ1v) is 32.1. The lowest BCUT2D eigenvalue weighted by atomic mass is 9.68. The van der Waals surface area contributed by atoms with Crippen LogP contribution in [-0.2, 0) is 23.7 Å². The molecule has 0 bridgehead atoms. The summed E-state index contributed by atoms with van der Waals surface area (Å²) in [6, 6.07) is 118. The maximum atomic E-state index is 4.08. The van der Waals surface area contributed by atoms with E-state index in [1.807, 2.05) is 12.2 Å². The highest BCUT2D eigenvalue weighted by atomic mass is 15.1. The molecule has 0 saturated heterocycles. The van der Waals surface area contributed by atoms with Gasteiger partial charge in [-0.25, -0.2) is 0 Å². The molecule has 0 fully saturated rings. The highest BCUT2D eigenvalue weighted by molar-refractivity contribution is 6.13. The molecule has 0 aliphatic heterocycles. The highest BCUT2D eigenvalue weighted by Gasteiger charge is 2.47. The highest BCUT2D eigenvalue weighted by Crippen LogP contribution is 2.58. The number of benzene rings is 14. The van der Waals surface area contributed by atoms with Crippen molar-refractivity contribution in [2.75, 3.05) is 9.80 Å². The molecule has 2 heteroatoms. The third kappa shape index (κ3) is 9.24. The second kappa shape index (κ2) is 22.9. The van der Waals surface area contributed by atoms with E-state index in [1.165, 1.54) is 99.8 Å². The van der Waals surface area contributed by atoms with Crippen LogP contribution < -0.4 is 9.80 Å². The van der Waals surface area contributed by atoms with Gasteiger partial charge in [-0.05, 0) is 187 Å². The Kier molecular flexibility index (Phi) is 13.9. The first kappa shape index (κ1) is 56.0. The minimum atomic E-state index is -0.472. The zero-order valence-corrected chi connectivity index (χ0v) is 51.9. The van der Waals surface area contributed by atoms with Crippen molar-refractivity contribution in [1.29, 1.82) is 0 Å². The van der Waals surface area contributed by atoms with Gasteiger partial charge in [0.15, 0.2) is 0 Å². The molecular formula is C90H68N2. The fourth-order valence-electron chi connectivity index (χ4n) is 15.5. The molecule has 0 heterocycles. The molecule has 2 nitrogen and oxygen atoms in total. The Bertz CT molecular complexity index is 4810. The monoisotopic (exact) mass is 1180 g/mol. The molecule has 0 N–H and O–H groups in total. The van der Waals surface area contributed by atoms with E-state index in [-0.39, 0.29) is 0 Å². The van der Waals surface area contributed by atoms with Crippen molar-refractivity contribution >= 4 is 67.8 Å². The van der Waals surface area contributed by atoms with E-state index >= 15 is 0 Å².